The van der Waals surface area contributed by atoms with E-state index < -0.39 is 11.4 Å². The summed E-state index contributed by atoms with van der Waals surface area (Å²) in [5.41, 5.74) is 2.09. The molecule has 2 atom stereocenters. The number of hydrogen-bond donors (Lipinski definition) is 0. The highest BCUT2D eigenvalue weighted by Crippen LogP contribution is 2.09. The van der Waals surface area contributed by atoms with Crippen molar-refractivity contribution in [3.8, 4) is 0 Å². The van der Waals surface area contributed by atoms with Crippen molar-refractivity contribution in [1.82, 2.24) is 9.55 Å². The molecule has 1 aromatic rings. The van der Waals surface area contributed by atoms with Gasteiger partial charge in [0.05, 0.1) is 17.1 Å². The first-order valence-electron chi connectivity index (χ1n) is 5.42. The van der Waals surface area contributed by atoms with Gasteiger partial charge in [0.15, 0.2) is 5.82 Å². The largest absolute Gasteiger partial charge is 0.591 e. The van der Waals surface area contributed by atoms with Crippen molar-refractivity contribution < 1.29 is 4.55 Å². The maximum atomic E-state index is 11.6. The molecule has 1 aromatic heterocycles. The molecular weight excluding hydrogens is 222 g/mol. The number of aryl methyl sites for hydroxylation is 1. The average molecular weight is 241 g/mol. The van der Waals surface area contributed by atoms with Crippen LogP contribution in [0.25, 0.3) is 0 Å². The summed E-state index contributed by atoms with van der Waals surface area (Å²) in [4.78, 5) is 4.35. The minimum Gasteiger partial charge on any atom is -0.591 e. The Labute approximate surface area is 100 Å². The second kappa shape index (κ2) is 5.50. The van der Waals surface area contributed by atoms with Crippen molar-refractivity contribution in [2.24, 2.45) is 11.4 Å². The molecule has 0 aliphatic carbocycles. The van der Waals surface area contributed by atoms with Gasteiger partial charge in [0, 0.05) is 12.7 Å². The Balaban J connectivity index is 2.80. The Morgan fingerprint density at radius 1 is 1.56 bits per heavy atom. The topological polar surface area (TPSA) is 53.2 Å². The van der Waals surface area contributed by atoms with E-state index in [1.165, 1.54) is 0 Å². The summed E-state index contributed by atoms with van der Waals surface area (Å²) in [6.45, 7) is 7.90. The fourth-order valence-electron chi connectivity index (χ4n) is 1.20. The van der Waals surface area contributed by atoms with Crippen LogP contribution in [-0.2, 0) is 18.4 Å². The minimum atomic E-state index is -1.15. The molecule has 0 aromatic carbocycles. The summed E-state index contributed by atoms with van der Waals surface area (Å²) < 4.78 is 17.6. The number of rotatable bonds is 4. The summed E-state index contributed by atoms with van der Waals surface area (Å²) in [7, 11) is 1.93. The molecule has 0 radical (unpaired) electrons. The highest BCUT2D eigenvalue weighted by molar-refractivity contribution is 7.90. The Hall–Kier alpha value is -0.810. The second-order valence-corrected chi connectivity index (χ2v) is 5.50. The van der Waals surface area contributed by atoms with Gasteiger partial charge < -0.3 is 9.12 Å². The lowest BCUT2D eigenvalue weighted by atomic mass is 10.4. The van der Waals surface area contributed by atoms with Gasteiger partial charge in [0.2, 0.25) is 0 Å². The molecule has 0 aliphatic heterocycles. The van der Waals surface area contributed by atoms with E-state index in [0.29, 0.717) is 0 Å². The molecule has 1 heterocycles. The van der Waals surface area contributed by atoms with Gasteiger partial charge in [0.25, 0.3) is 0 Å². The molecule has 2 unspecified atom stereocenters. The van der Waals surface area contributed by atoms with E-state index in [-0.39, 0.29) is 5.25 Å². The Morgan fingerprint density at radius 3 is 2.62 bits per heavy atom. The number of imidazole rings is 1. The molecule has 5 heteroatoms. The third-order valence-electron chi connectivity index (χ3n) is 2.84. The first-order chi connectivity index (χ1) is 7.47. The van der Waals surface area contributed by atoms with E-state index in [1.807, 2.05) is 39.3 Å². The monoisotopic (exact) mass is 241 g/mol. The van der Waals surface area contributed by atoms with E-state index >= 15 is 0 Å². The predicted molar refractivity (Wildman–Crippen MR) is 68.2 cm³/mol. The fourth-order valence-corrected chi connectivity index (χ4v) is 1.89. The molecule has 16 heavy (non-hydrogen) atoms. The van der Waals surface area contributed by atoms with E-state index in [0.717, 1.165) is 23.6 Å². The number of aromatic nitrogens is 2. The summed E-state index contributed by atoms with van der Waals surface area (Å²) >= 11 is -1.15. The molecule has 0 saturated heterocycles. The number of nitrogens with zero attached hydrogens (tertiary/aromatic N) is 3. The second-order valence-electron chi connectivity index (χ2n) is 3.93. The normalized spacial score (nSPS) is 15.6. The zero-order valence-electron chi connectivity index (χ0n) is 10.5. The van der Waals surface area contributed by atoms with Crippen LogP contribution in [0.5, 0.6) is 0 Å². The van der Waals surface area contributed by atoms with Crippen molar-refractivity contribution >= 4 is 17.6 Å². The Bertz CT molecular complexity index is 387. The van der Waals surface area contributed by atoms with Crippen LogP contribution in [0.1, 0.15) is 37.5 Å². The maximum Gasteiger partial charge on any atom is 0.155 e. The lowest BCUT2D eigenvalue weighted by Gasteiger charge is -2.08. The van der Waals surface area contributed by atoms with E-state index in [9.17, 15) is 4.55 Å². The van der Waals surface area contributed by atoms with Crippen LogP contribution < -0.4 is 0 Å². The molecule has 0 bridgehead atoms. The highest BCUT2D eigenvalue weighted by atomic mass is 32.2. The van der Waals surface area contributed by atoms with E-state index in [2.05, 4.69) is 9.38 Å². The zero-order valence-corrected chi connectivity index (χ0v) is 11.3. The molecule has 0 amide bonds. The first kappa shape index (κ1) is 13.3. The van der Waals surface area contributed by atoms with Gasteiger partial charge in [-0.1, -0.05) is 11.3 Å². The van der Waals surface area contributed by atoms with Crippen molar-refractivity contribution in [2.45, 2.75) is 39.4 Å². The third kappa shape index (κ3) is 2.86. The Kier molecular flexibility index (Phi) is 4.56. The molecule has 0 spiro atoms. The molecule has 0 saturated carbocycles. The van der Waals surface area contributed by atoms with E-state index in [4.69, 9.17) is 0 Å². The summed E-state index contributed by atoms with van der Waals surface area (Å²) in [5.74, 6) is 0.756. The summed E-state index contributed by atoms with van der Waals surface area (Å²) in [6, 6.07) is 0. The third-order valence-corrected chi connectivity index (χ3v) is 4.18. The molecule has 0 aliphatic rings. The fraction of sp³-hybridized carbons (Fsp3) is 0.636. The van der Waals surface area contributed by atoms with Crippen molar-refractivity contribution in [3.63, 3.8) is 0 Å². The summed E-state index contributed by atoms with van der Waals surface area (Å²) in [5, 5.41) is 0.0960. The summed E-state index contributed by atoms with van der Waals surface area (Å²) in [6.07, 6.45) is 2.46. The molecule has 0 N–H and O–H groups in total. The van der Waals surface area contributed by atoms with Crippen LogP contribution >= 0.6 is 0 Å². The highest BCUT2D eigenvalue weighted by Gasteiger charge is 2.14. The van der Waals surface area contributed by atoms with Gasteiger partial charge in [-0.3, -0.25) is 0 Å². The maximum absolute atomic E-state index is 11.6. The van der Waals surface area contributed by atoms with Crippen LogP contribution in [0.4, 0.5) is 0 Å². The quantitative estimate of drug-likeness (QED) is 0.597. The molecule has 0 fully saturated rings. The van der Waals surface area contributed by atoms with Gasteiger partial charge in [-0.05, 0) is 27.2 Å². The van der Waals surface area contributed by atoms with E-state index in [1.54, 1.807) is 6.21 Å². The lowest BCUT2D eigenvalue weighted by molar-refractivity contribution is 0.582. The Morgan fingerprint density at radius 2 is 2.19 bits per heavy atom. The smallest absolute Gasteiger partial charge is 0.155 e. The van der Waals surface area contributed by atoms with Crippen molar-refractivity contribution in [1.29, 1.82) is 0 Å². The standard InChI is InChI=1S/C11H19N3OS/c1-6-8(2)16(15)12-7-11-13-9(3)10(4)14(11)5/h7-8H,6H2,1-5H3/b12-7+. The zero-order chi connectivity index (χ0) is 12.3. The molecule has 1 rings (SSSR count). The van der Waals surface area contributed by atoms with Gasteiger partial charge in [-0.15, -0.1) is 0 Å². The van der Waals surface area contributed by atoms with Crippen LogP contribution in [0.3, 0.4) is 0 Å². The average Bonchev–Trinajstić information content (AvgIpc) is 2.52. The minimum absolute atomic E-state index is 0.0960. The van der Waals surface area contributed by atoms with Gasteiger partial charge in [0.1, 0.15) is 11.5 Å². The molecule has 90 valence electrons. The predicted octanol–water partition coefficient (Wildman–Crippen LogP) is 1.92. The van der Waals surface area contributed by atoms with Crippen LogP contribution in [-0.4, -0.2) is 25.6 Å². The van der Waals surface area contributed by atoms with Gasteiger partial charge >= 0.3 is 0 Å². The van der Waals surface area contributed by atoms with Crippen molar-refractivity contribution in [2.75, 3.05) is 0 Å². The lowest BCUT2D eigenvalue weighted by Crippen LogP contribution is -2.14. The SMILES string of the molecule is CCC(C)[S+]([O-])/N=C/c1nc(C)c(C)n1C. The first-order valence-corrected chi connectivity index (χ1v) is 6.59. The molecular formula is C11H19N3OS. The van der Waals surface area contributed by atoms with Crippen molar-refractivity contribution in [3.05, 3.63) is 17.2 Å². The van der Waals surface area contributed by atoms with Crippen LogP contribution in [0.2, 0.25) is 0 Å². The molecule has 4 nitrogen and oxygen atoms in total. The van der Waals surface area contributed by atoms with Crippen LogP contribution in [0, 0.1) is 13.8 Å². The van der Waals surface area contributed by atoms with Gasteiger partial charge in [-0.25, -0.2) is 4.98 Å². The number of hydrogen-bond acceptors (Lipinski definition) is 3. The van der Waals surface area contributed by atoms with Crippen LogP contribution in [0.15, 0.2) is 4.40 Å². The van der Waals surface area contributed by atoms with Gasteiger partial charge in [-0.2, -0.15) is 0 Å².